The summed E-state index contributed by atoms with van der Waals surface area (Å²) in [4.78, 5) is 0. The Morgan fingerprint density at radius 2 is 2.00 bits per heavy atom. The summed E-state index contributed by atoms with van der Waals surface area (Å²) in [6.45, 7) is 1.64. The first kappa shape index (κ1) is 11.6. The van der Waals surface area contributed by atoms with Gasteiger partial charge in [0.25, 0.3) is 0 Å². The van der Waals surface area contributed by atoms with Crippen LogP contribution in [0.2, 0.25) is 5.02 Å². The highest BCUT2D eigenvalue weighted by Gasteiger charge is 2.10. The molecule has 0 spiro atoms. The van der Waals surface area contributed by atoms with Crippen molar-refractivity contribution in [1.82, 2.24) is 0 Å². The summed E-state index contributed by atoms with van der Waals surface area (Å²) < 4.78 is 21.5. The molecule has 0 atom stereocenters. The van der Waals surface area contributed by atoms with Crippen molar-refractivity contribution in [1.29, 1.82) is 0 Å². The van der Waals surface area contributed by atoms with Crippen LogP contribution in [0, 0.1) is 6.92 Å². The van der Waals surface area contributed by atoms with Gasteiger partial charge in [0.2, 0.25) is 9.05 Å². The Labute approximate surface area is 91.7 Å². The highest BCUT2D eigenvalue weighted by atomic mass is 35.7. The van der Waals surface area contributed by atoms with E-state index >= 15 is 0 Å². The van der Waals surface area contributed by atoms with Gasteiger partial charge in [0.1, 0.15) is 5.75 Å². The molecule has 1 aromatic rings. The van der Waals surface area contributed by atoms with Crippen LogP contribution in [-0.4, -0.2) is 13.5 Å². The van der Waals surface area contributed by atoms with Gasteiger partial charge in [-0.05, 0) is 24.6 Å². The molecule has 0 aliphatic heterocycles. The first-order valence-electron chi connectivity index (χ1n) is 3.70. The van der Waals surface area contributed by atoms with Crippen LogP contribution in [0.15, 0.2) is 12.1 Å². The van der Waals surface area contributed by atoms with E-state index in [1.54, 1.807) is 6.92 Å². The first-order chi connectivity index (χ1) is 6.29. The molecule has 0 amide bonds. The summed E-state index contributed by atoms with van der Waals surface area (Å²) in [5, 5.41) is 9.68. The van der Waals surface area contributed by atoms with Gasteiger partial charge < -0.3 is 5.11 Å². The van der Waals surface area contributed by atoms with E-state index in [2.05, 4.69) is 0 Å². The van der Waals surface area contributed by atoms with E-state index in [-0.39, 0.29) is 11.5 Å². The van der Waals surface area contributed by atoms with Gasteiger partial charge in [-0.3, -0.25) is 0 Å². The van der Waals surface area contributed by atoms with Gasteiger partial charge in [-0.15, -0.1) is 0 Å². The molecule has 3 nitrogen and oxygen atoms in total. The summed E-state index contributed by atoms with van der Waals surface area (Å²) in [5.41, 5.74) is 0.885. The van der Waals surface area contributed by atoms with Gasteiger partial charge in [-0.25, -0.2) is 8.42 Å². The molecule has 0 bridgehead atoms. The molecule has 0 aliphatic carbocycles. The summed E-state index contributed by atoms with van der Waals surface area (Å²) in [6, 6.07) is 2.80. The molecular formula is C8H8Cl2O3S. The Morgan fingerprint density at radius 3 is 2.43 bits per heavy atom. The average molecular weight is 255 g/mol. The molecule has 1 N–H and O–H groups in total. The third-order valence-corrected chi connectivity index (χ3v) is 3.11. The van der Waals surface area contributed by atoms with E-state index in [0.29, 0.717) is 16.1 Å². The molecule has 0 aromatic heterocycles. The van der Waals surface area contributed by atoms with Crippen LogP contribution in [0.25, 0.3) is 0 Å². The highest BCUT2D eigenvalue weighted by molar-refractivity contribution is 8.13. The van der Waals surface area contributed by atoms with Crippen molar-refractivity contribution < 1.29 is 13.5 Å². The number of aromatic hydroxyl groups is 1. The van der Waals surface area contributed by atoms with Crippen LogP contribution in [0.1, 0.15) is 11.1 Å². The first-order valence-corrected chi connectivity index (χ1v) is 6.55. The summed E-state index contributed by atoms with van der Waals surface area (Å²) in [5.74, 6) is -0.380. The zero-order chi connectivity index (χ0) is 10.9. The number of benzene rings is 1. The monoisotopic (exact) mass is 254 g/mol. The Balaban J connectivity index is 3.14. The highest BCUT2D eigenvalue weighted by Crippen LogP contribution is 2.27. The van der Waals surface area contributed by atoms with E-state index in [0.717, 1.165) is 0 Å². The Hall–Kier alpha value is -0.450. The number of rotatable bonds is 2. The molecule has 1 rings (SSSR count). The number of phenolic OH excluding ortho intramolecular Hbond substituents is 1. The van der Waals surface area contributed by atoms with Crippen molar-refractivity contribution in [2.24, 2.45) is 0 Å². The molecule has 78 valence electrons. The lowest BCUT2D eigenvalue weighted by Gasteiger charge is -2.04. The fourth-order valence-electron chi connectivity index (χ4n) is 1.00. The van der Waals surface area contributed by atoms with Crippen molar-refractivity contribution in [3.8, 4) is 5.75 Å². The van der Waals surface area contributed by atoms with Gasteiger partial charge in [0.05, 0.1) is 5.75 Å². The van der Waals surface area contributed by atoms with Crippen LogP contribution in [-0.2, 0) is 14.8 Å². The minimum Gasteiger partial charge on any atom is -0.508 e. The summed E-state index contributed by atoms with van der Waals surface area (Å²) in [6.07, 6.45) is 0. The van der Waals surface area contributed by atoms with Gasteiger partial charge in [-0.1, -0.05) is 11.6 Å². The zero-order valence-corrected chi connectivity index (χ0v) is 9.62. The Kier molecular flexibility index (Phi) is 3.29. The second-order valence-corrected chi connectivity index (χ2v) is 6.09. The molecule has 6 heteroatoms. The van der Waals surface area contributed by atoms with Gasteiger partial charge in [-0.2, -0.15) is 0 Å². The van der Waals surface area contributed by atoms with Gasteiger partial charge in [0.15, 0.2) is 0 Å². The number of halogens is 2. The largest absolute Gasteiger partial charge is 0.508 e. The van der Waals surface area contributed by atoms with Crippen molar-refractivity contribution in [2.45, 2.75) is 12.7 Å². The summed E-state index contributed by atoms with van der Waals surface area (Å²) in [7, 11) is 1.44. The standard InChI is InChI=1S/C8H8Cl2O3S/c1-5-7(9)2-6(3-8(5)11)4-14(10,12)13/h2-3,11H,4H2,1H3. The maximum Gasteiger partial charge on any atom is 0.236 e. The molecule has 0 saturated carbocycles. The molecule has 14 heavy (non-hydrogen) atoms. The quantitative estimate of drug-likeness (QED) is 0.825. The number of hydrogen-bond acceptors (Lipinski definition) is 3. The maximum absolute atomic E-state index is 10.7. The molecule has 0 unspecified atom stereocenters. The fourth-order valence-corrected chi connectivity index (χ4v) is 2.18. The average Bonchev–Trinajstić information content (AvgIpc) is 1.96. The molecule has 1 aromatic carbocycles. The Morgan fingerprint density at radius 1 is 1.43 bits per heavy atom. The molecule has 0 aliphatic rings. The fraction of sp³-hybridized carbons (Fsp3) is 0.250. The number of phenols is 1. The van der Waals surface area contributed by atoms with Crippen molar-refractivity contribution in [2.75, 3.05) is 0 Å². The predicted molar refractivity (Wildman–Crippen MR) is 56.3 cm³/mol. The minimum absolute atomic E-state index is 0.0344. The van der Waals surface area contributed by atoms with E-state index < -0.39 is 9.05 Å². The van der Waals surface area contributed by atoms with Crippen molar-refractivity contribution in [3.63, 3.8) is 0 Å². The third kappa shape index (κ3) is 3.04. The molecule has 0 fully saturated rings. The molecule has 0 heterocycles. The van der Waals surface area contributed by atoms with E-state index in [9.17, 15) is 13.5 Å². The normalized spacial score (nSPS) is 11.6. The zero-order valence-electron chi connectivity index (χ0n) is 7.29. The van der Waals surface area contributed by atoms with E-state index in [4.69, 9.17) is 22.3 Å². The lowest BCUT2D eigenvalue weighted by atomic mass is 10.1. The summed E-state index contributed by atoms with van der Waals surface area (Å²) >= 11 is 5.75. The van der Waals surface area contributed by atoms with E-state index in [1.807, 2.05) is 0 Å². The van der Waals surface area contributed by atoms with Crippen molar-refractivity contribution >= 4 is 31.3 Å². The second-order valence-electron chi connectivity index (χ2n) is 2.90. The van der Waals surface area contributed by atoms with Crippen LogP contribution in [0.5, 0.6) is 5.75 Å². The minimum atomic E-state index is -3.62. The van der Waals surface area contributed by atoms with Crippen LogP contribution >= 0.6 is 22.3 Å². The molecular weight excluding hydrogens is 247 g/mol. The lowest BCUT2D eigenvalue weighted by Crippen LogP contribution is -1.95. The van der Waals surface area contributed by atoms with E-state index in [1.165, 1.54) is 12.1 Å². The Bertz CT molecular complexity index is 431. The SMILES string of the molecule is Cc1c(O)cc(CS(=O)(=O)Cl)cc1Cl. The van der Waals surface area contributed by atoms with Gasteiger partial charge in [0, 0.05) is 21.3 Å². The predicted octanol–water partition coefficient (Wildman–Crippen LogP) is 2.42. The van der Waals surface area contributed by atoms with Gasteiger partial charge >= 0.3 is 0 Å². The van der Waals surface area contributed by atoms with Crippen LogP contribution in [0.4, 0.5) is 0 Å². The smallest absolute Gasteiger partial charge is 0.236 e. The maximum atomic E-state index is 10.7. The topological polar surface area (TPSA) is 54.4 Å². The van der Waals surface area contributed by atoms with Crippen LogP contribution < -0.4 is 0 Å². The molecule has 0 radical (unpaired) electrons. The number of hydrogen-bond donors (Lipinski definition) is 1. The lowest BCUT2D eigenvalue weighted by molar-refractivity contribution is 0.470. The second kappa shape index (κ2) is 3.96. The van der Waals surface area contributed by atoms with Crippen LogP contribution in [0.3, 0.4) is 0 Å². The van der Waals surface area contributed by atoms with Crippen molar-refractivity contribution in [3.05, 3.63) is 28.3 Å². The molecule has 0 saturated heterocycles. The third-order valence-electron chi connectivity index (χ3n) is 1.72.